The highest BCUT2D eigenvalue weighted by Gasteiger charge is 2.35. The second-order valence-electron chi connectivity index (χ2n) is 5.84. The van der Waals surface area contributed by atoms with Gasteiger partial charge < -0.3 is 5.32 Å². The number of hydrogen-bond acceptors (Lipinski definition) is 3. The molecule has 0 amide bonds. The average molecular weight is 359 g/mol. The lowest BCUT2D eigenvalue weighted by atomic mass is 10.0. The molecule has 2 aliphatic rings. The van der Waals surface area contributed by atoms with Crippen LogP contribution in [0.25, 0.3) is 0 Å². The second-order valence-corrected chi connectivity index (χ2v) is 8.44. The van der Waals surface area contributed by atoms with Crippen LogP contribution in [-0.4, -0.2) is 26.5 Å². The van der Waals surface area contributed by atoms with Crippen LogP contribution in [-0.2, 0) is 10.0 Å². The zero-order valence-electron chi connectivity index (χ0n) is 11.4. The summed E-state index contributed by atoms with van der Waals surface area (Å²) < 4.78 is 28.8. The van der Waals surface area contributed by atoms with Crippen molar-refractivity contribution >= 4 is 26.0 Å². The lowest BCUT2D eigenvalue weighted by Crippen LogP contribution is -2.48. The lowest BCUT2D eigenvalue weighted by molar-refractivity contribution is 0.345. The van der Waals surface area contributed by atoms with Crippen LogP contribution in [0.15, 0.2) is 27.6 Å². The van der Waals surface area contributed by atoms with Crippen LogP contribution in [0, 0.1) is 6.92 Å². The van der Waals surface area contributed by atoms with Gasteiger partial charge >= 0.3 is 0 Å². The molecule has 0 radical (unpaired) electrons. The molecule has 2 fully saturated rings. The predicted octanol–water partition coefficient (Wildman–Crippen LogP) is 2.32. The summed E-state index contributed by atoms with van der Waals surface area (Å²) in [6.45, 7) is 1.83. The Labute approximate surface area is 128 Å². The molecule has 1 aromatic carbocycles. The molecule has 6 heteroatoms. The van der Waals surface area contributed by atoms with Crippen molar-refractivity contribution in [3.63, 3.8) is 0 Å². The minimum atomic E-state index is -3.44. The molecule has 2 aliphatic heterocycles. The number of halogens is 1. The van der Waals surface area contributed by atoms with Gasteiger partial charge in [-0.2, -0.15) is 0 Å². The summed E-state index contributed by atoms with van der Waals surface area (Å²) in [5.41, 5.74) is 0.776. The molecule has 2 saturated heterocycles. The van der Waals surface area contributed by atoms with Crippen molar-refractivity contribution in [2.75, 3.05) is 0 Å². The number of piperidine rings is 1. The van der Waals surface area contributed by atoms with Gasteiger partial charge in [-0.15, -0.1) is 0 Å². The third-order valence-corrected chi connectivity index (χ3v) is 6.39. The summed E-state index contributed by atoms with van der Waals surface area (Å²) in [4.78, 5) is 0.373. The van der Waals surface area contributed by atoms with Crippen LogP contribution in [0.1, 0.15) is 31.2 Å². The minimum absolute atomic E-state index is 0.0529. The van der Waals surface area contributed by atoms with Crippen LogP contribution < -0.4 is 10.0 Å². The standard InChI is InChI=1S/C14H19BrN2O2S/c1-9-2-3-10(15)6-14(9)20(18,19)17-13-7-11-4-5-12(8-13)16-11/h2-3,6,11-13,16-17H,4-5,7-8H2,1H3. The van der Waals surface area contributed by atoms with E-state index in [0.717, 1.165) is 22.9 Å². The van der Waals surface area contributed by atoms with Crippen molar-refractivity contribution in [1.82, 2.24) is 10.0 Å². The highest BCUT2D eigenvalue weighted by atomic mass is 79.9. The topological polar surface area (TPSA) is 58.2 Å². The Balaban J connectivity index is 1.80. The molecule has 2 bridgehead atoms. The fourth-order valence-corrected chi connectivity index (χ4v) is 5.34. The van der Waals surface area contributed by atoms with Gasteiger partial charge in [0, 0.05) is 22.6 Å². The summed E-state index contributed by atoms with van der Waals surface area (Å²) in [6, 6.07) is 6.37. The molecular weight excluding hydrogens is 340 g/mol. The van der Waals surface area contributed by atoms with E-state index in [0.29, 0.717) is 17.0 Å². The molecule has 2 heterocycles. The molecule has 20 heavy (non-hydrogen) atoms. The number of nitrogens with one attached hydrogen (secondary N) is 2. The molecule has 3 rings (SSSR count). The minimum Gasteiger partial charge on any atom is -0.311 e. The molecule has 0 aromatic heterocycles. The van der Waals surface area contributed by atoms with E-state index in [9.17, 15) is 8.42 Å². The predicted molar refractivity (Wildman–Crippen MR) is 82.2 cm³/mol. The average Bonchev–Trinajstić information content (AvgIpc) is 2.71. The first-order valence-corrected chi connectivity index (χ1v) is 9.26. The summed E-state index contributed by atoms with van der Waals surface area (Å²) in [6.07, 6.45) is 4.11. The van der Waals surface area contributed by atoms with E-state index in [2.05, 4.69) is 26.0 Å². The van der Waals surface area contributed by atoms with Crippen LogP contribution in [0.4, 0.5) is 0 Å². The van der Waals surface area contributed by atoms with E-state index < -0.39 is 10.0 Å². The highest BCUT2D eigenvalue weighted by molar-refractivity contribution is 9.10. The molecule has 110 valence electrons. The zero-order valence-corrected chi connectivity index (χ0v) is 13.8. The molecular formula is C14H19BrN2O2S. The maximum absolute atomic E-state index is 12.6. The van der Waals surface area contributed by atoms with Gasteiger partial charge in [0.25, 0.3) is 0 Å². The van der Waals surface area contributed by atoms with Crippen molar-refractivity contribution in [1.29, 1.82) is 0 Å². The fourth-order valence-electron chi connectivity index (χ4n) is 3.30. The van der Waals surface area contributed by atoms with Gasteiger partial charge in [0.05, 0.1) is 4.90 Å². The Bertz CT molecular complexity index is 606. The number of aryl methyl sites for hydroxylation is 1. The third-order valence-electron chi connectivity index (χ3n) is 4.23. The number of rotatable bonds is 3. The lowest BCUT2D eigenvalue weighted by Gasteiger charge is -2.29. The SMILES string of the molecule is Cc1ccc(Br)cc1S(=O)(=O)NC1CC2CCC(C1)N2. The van der Waals surface area contributed by atoms with Gasteiger partial charge in [-0.1, -0.05) is 22.0 Å². The van der Waals surface area contributed by atoms with Gasteiger partial charge in [-0.3, -0.25) is 0 Å². The van der Waals surface area contributed by atoms with Crippen LogP contribution >= 0.6 is 15.9 Å². The molecule has 0 saturated carbocycles. The fraction of sp³-hybridized carbons (Fsp3) is 0.571. The van der Waals surface area contributed by atoms with Crippen molar-refractivity contribution in [2.45, 2.75) is 55.6 Å². The maximum atomic E-state index is 12.6. The Morgan fingerprint density at radius 3 is 2.55 bits per heavy atom. The first kappa shape index (κ1) is 14.5. The van der Waals surface area contributed by atoms with Gasteiger partial charge in [0.1, 0.15) is 0 Å². The molecule has 2 N–H and O–H groups in total. The summed E-state index contributed by atoms with van der Waals surface area (Å²) in [5, 5.41) is 3.52. The van der Waals surface area contributed by atoms with E-state index in [1.165, 1.54) is 12.8 Å². The highest BCUT2D eigenvalue weighted by Crippen LogP contribution is 2.28. The van der Waals surface area contributed by atoms with Crippen molar-refractivity contribution in [3.05, 3.63) is 28.2 Å². The molecule has 2 unspecified atom stereocenters. The zero-order chi connectivity index (χ0) is 14.3. The van der Waals surface area contributed by atoms with Gasteiger partial charge in [0.2, 0.25) is 10.0 Å². The molecule has 1 aromatic rings. The van der Waals surface area contributed by atoms with Crippen molar-refractivity contribution < 1.29 is 8.42 Å². The van der Waals surface area contributed by atoms with Crippen LogP contribution in [0.5, 0.6) is 0 Å². The molecule has 2 atom stereocenters. The normalized spacial score (nSPS) is 29.6. The van der Waals surface area contributed by atoms with Gasteiger partial charge in [0.15, 0.2) is 0 Å². The molecule has 0 spiro atoms. The monoisotopic (exact) mass is 358 g/mol. The second kappa shape index (κ2) is 5.40. The van der Waals surface area contributed by atoms with Crippen LogP contribution in [0.2, 0.25) is 0 Å². The number of hydrogen-bond donors (Lipinski definition) is 2. The van der Waals surface area contributed by atoms with E-state index in [1.807, 2.05) is 19.1 Å². The largest absolute Gasteiger partial charge is 0.311 e. The Hall–Kier alpha value is -0.430. The van der Waals surface area contributed by atoms with Crippen LogP contribution in [0.3, 0.4) is 0 Å². The first-order chi connectivity index (χ1) is 9.44. The Kier molecular flexibility index (Phi) is 3.92. The Morgan fingerprint density at radius 2 is 1.90 bits per heavy atom. The van der Waals surface area contributed by atoms with Gasteiger partial charge in [-0.25, -0.2) is 13.1 Å². The van der Waals surface area contributed by atoms with E-state index >= 15 is 0 Å². The Morgan fingerprint density at radius 1 is 1.25 bits per heavy atom. The van der Waals surface area contributed by atoms with E-state index in [1.54, 1.807) is 6.07 Å². The summed E-state index contributed by atoms with van der Waals surface area (Å²) in [7, 11) is -3.44. The number of sulfonamides is 1. The summed E-state index contributed by atoms with van der Waals surface area (Å²) in [5.74, 6) is 0. The summed E-state index contributed by atoms with van der Waals surface area (Å²) >= 11 is 3.34. The van der Waals surface area contributed by atoms with Crippen molar-refractivity contribution in [3.8, 4) is 0 Å². The molecule has 4 nitrogen and oxygen atoms in total. The number of benzene rings is 1. The van der Waals surface area contributed by atoms with E-state index in [4.69, 9.17) is 0 Å². The quantitative estimate of drug-likeness (QED) is 0.871. The van der Waals surface area contributed by atoms with E-state index in [-0.39, 0.29) is 6.04 Å². The van der Waals surface area contributed by atoms with Crippen molar-refractivity contribution in [2.24, 2.45) is 0 Å². The number of fused-ring (bicyclic) bond motifs is 2. The molecule has 0 aliphatic carbocycles. The smallest absolute Gasteiger partial charge is 0.241 e. The first-order valence-electron chi connectivity index (χ1n) is 6.98. The third kappa shape index (κ3) is 2.93. The maximum Gasteiger partial charge on any atom is 0.241 e. The van der Waals surface area contributed by atoms with Gasteiger partial charge in [-0.05, 0) is 50.3 Å².